The van der Waals surface area contributed by atoms with Crippen molar-refractivity contribution in [2.45, 2.75) is 46.1 Å². The molecule has 1 aliphatic heterocycles. The second-order valence-corrected chi connectivity index (χ2v) is 7.18. The van der Waals surface area contributed by atoms with Crippen LogP contribution in [0.2, 0.25) is 0 Å². The quantitative estimate of drug-likeness (QED) is 0.682. The van der Waals surface area contributed by atoms with E-state index in [2.05, 4.69) is 15.9 Å². The van der Waals surface area contributed by atoms with Crippen molar-refractivity contribution in [3.05, 3.63) is 0 Å². The van der Waals surface area contributed by atoms with Gasteiger partial charge in [0.05, 0.1) is 0 Å². The number of ether oxygens (including phenoxy) is 1. The van der Waals surface area contributed by atoms with Crippen LogP contribution in [0.15, 0.2) is 0 Å². The molecule has 6 heteroatoms. The highest BCUT2D eigenvalue weighted by atomic mass is 79.9. The number of hydrogen-bond acceptors (Lipinski definition) is 3. The number of alkyl halides is 1. The Kier molecular flexibility index (Phi) is 6.97. The molecule has 5 nitrogen and oxygen atoms in total. The van der Waals surface area contributed by atoms with E-state index in [-0.39, 0.29) is 12.0 Å². The van der Waals surface area contributed by atoms with E-state index < -0.39 is 5.60 Å². The van der Waals surface area contributed by atoms with Gasteiger partial charge in [-0.05, 0) is 33.1 Å². The van der Waals surface area contributed by atoms with Gasteiger partial charge in [0, 0.05) is 37.9 Å². The standard InChI is InChI=1S/C15H27BrN2O3/c1-5-6-17(14(20)21-15(2,3)4)7-8-18-11-12(10-16)9-13(18)19/h12H,5-11H2,1-4H3. The van der Waals surface area contributed by atoms with Crippen LogP contribution in [0.1, 0.15) is 40.5 Å². The predicted molar refractivity (Wildman–Crippen MR) is 86.6 cm³/mol. The molecule has 0 aromatic heterocycles. The summed E-state index contributed by atoms with van der Waals surface area (Å²) in [6.45, 7) is 10.2. The van der Waals surface area contributed by atoms with Crippen LogP contribution in [0.4, 0.5) is 4.79 Å². The number of hydrogen-bond donors (Lipinski definition) is 0. The van der Waals surface area contributed by atoms with Crippen molar-refractivity contribution in [2.75, 3.05) is 31.5 Å². The van der Waals surface area contributed by atoms with Crippen LogP contribution in [0.25, 0.3) is 0 Å². The molecule has 2 amide bonds. The van der Waals surface area contributed by atoms with Crippen LogP contribution < -0.4 is 0 Å². The van der Waals surface area contributed by atoms with Gasteiger partial charge in [-0.15, -0.1) is 0 Å². The second-order valence-electron chi connectivity index (χ2n) is 6.53. The molecule has 1 fully saturated rings. The maximum absolute atomic E-state index is 12.1. The Hall–Kier alpha value is -0.780. The number of rotatable bonds is 6. The highest BCUT2D eigenvalue weighted by Gasteiger charge is 2.29. The molecule has 21 heavy (non-hydrogen) atoms. The largest absolute Gasteiger partial charge is 0.444 e. The van der Waals surface area contributed by atoms with Crippen molar-refractivity contribution in [1.29, 1.82) is 0 Å². The Balaban J connectivity index is 2.51. The summed E-state index contributed by atoms with van der Waals surface area (Å²) in [4.78, 5) is 27.6. The van der Waals surface area contributed by atoms with Crippen molar-refractivity contribution in [3.63, 3.8) is 0 Å². The van der Waals surface area contributed by atoms with Crippen LogP contribution in [-0.4, -0.2) is 58.9 Å². The fourth-order valence-corrected chi connectivity index (χ4v) is 2.74. The maximum Gasteiger partial charge on any atom is 0.410 e. The summed E-state index contributed by atoms with van der Waals surface area (Å²) in [6, 6.07) is 0. The van der Waals surface area contributed by atoms with Crippen LogP contribution in [0, 0.1) is 5.92 Å². The van der Waals surface area contributed by atoms with Gasteiger partial charge >= 0.3 is 6.09 Å². The monoisotopic (exact) mass is 362 g/mol. The van der Waals surface area contributed by atoms with Crippen molar-refractivity contribution >= 4 is 27.9 Å². The van der Waals surface area contributed by atoms with Crippen LogP contribution in [0.3, 0.4) is 0 Å². The van der Waals surface area contributed by atoms with Gasteiger partial charge in [-0.3, -0.25) is 4.79 Å². The molecule has 0 N–H and O–H groups in total. The van der Waals surface area contributed by atoms with Crippen molar-refractivity contribution < 1.29 is 14.3 Å². The molecule has 122 valence electrons. The van der Waals surface area contributed by atoms with Gasteiger partial charge in [0.25, 0.3) is 0 Å². The number of carbonyl (C=O) groups is 2. The van der Waals surface area contributed by atoms with Crippen molar-refractivity contribution in [2.24, 2.45) is 5.92 Å². The first kappa shape index (κ1) is 18.3. The van der Waals surface area contributed by atoms with Crippen molar-refractivity contribution in [1.82, 2.24) is 9.80 Å². The number of carbonyl (C=O) groups excluding carboxylic acids is 2. The Morgan fingerprint density at radius 1 is 1.43 bits per heavy atom. The fourth-order valence-electron chi connectivity index (χ4n) is 2.31. The predicted octanol–water partition coefficient (Wildman–Crippen LogP) is 2.88. The lowest BCUT2D eigenvalue weighted by molar-refractivity contribution is -0.127. The van der Waals surface area contributed by atoms with E-state index in [0.29, 0.717) is 32.0 Å². The molecule has 0 aliphatic carbocycles. The molecule has 1 aliphatic rings. The van der Waals surface area contributed by atoms with E-state index in [4.69, 9.17) is 4.74 Å². The highest BCUT2D eigenvalue weighted by molar-refractivity contribution is 9.09. The summed E-state index contributed by atoms with van der Waals surface area (Å²) in [5.41, 5.74) is -0.492. The van der Waals surface area contributed by atoms with Gasteiger partial charge < -0.3 is 14.5 Å². The van der Waals surface area contributed by atoms with E-state index in [1.807, 2.05) is 32.6 Å². The molecule has 0 radical (unpaired) electrons. The van der Waals surface area contributed by atoms with Gasteiger partial charge in [0.1, 0.15) is 5.60 Å². The number of likely N-dealkylation sites (tertiary alicyclic amines) is 1. The topological polar surface area (TPSA) is 49.9 Å². The van der Waals surface area contributed by atoms with Gasteiger partial charge in [0.2, 0.25) is 5.91 Å². The lowest BCUT2D eigenvalue weighted by atomic mass is 10.2. The lowest BCUT2D eigenvalue weighted by Crippen LogP contribution is -2.42. The Morgan fingerprint density at radius 3 is 2.57 bits per heavy atom. The summed E-state index contributed by atoms with van der Waals surface area (Å²) in [5.74, 6) is 0.568. The first-order valence-corrected chi connectivity index (χ1v) is 8.70. The summed E-state index contributed by atoms with van der Waals surface area (Å²) >= 11 is 3.43. The molecular weight excluding hydrogens is 336 g/mol. The van der Waals surface area contributed by atoms with E-state index >= 15 is 0 Å². The molecule has 1 unspecified atom stereocenters. The molecule has 1 heterocycles. The molecule has 0 aromatic carbocycles. The molecule has 0 saturated carbocycles. The Labute approximate surface area is 136 Å². The normalized spacial score (nSPS) is 19.0. The molecular formula is C15H27BrN2O3. The molecule has 0 spiro atoms. The molecule has 0 bridgehead atoms. The van der Waals surface area contributed by atoms with E-state index in [1.165, 1.54) is 0 Å². The fraction of sp³-hybridized carbons (Fsp3) is 0.867. The third-order valence-electron chi connectivity index (χ3n) is 3.30. The highest BCUT2D eigenvalue weighted by Crippen LogP contribution is 2.19. The van der Waals surface area contributed by atoms with Crippen molar-refractivity contribution in [3.8, 4) is 0 Å². The number of halogens is 1. The Morgan fingerprint density at radius 2 is 2.10 bits per heavy atom. The average molecular weight is 363 g/mol. The summed E-state index contributed by atoms with van der Waals surface area (Å²) in [5, 5.41) is 0.847. The zero-order valence-electron chi connectivity index (χ0n) is 13.5. The second kappa shape index (κ2) is 8.01. The SMILES string of the molecule is CCCN(CCN1CC(CBr)CC1=O)C(=O)OC(C)(C)C. The first-order valence-electron chi connectivity index (χ1n) is 7.58. The lowest BCUT2D eigenvalue weighted by Gasteiger charge is -2.28. The zero-order valence-corrected chi connectivity index (χ0v) is 15.1. The summed E-state index contributed by atoms with van der Waals surface area (Å²) in [6.07, 6.45) is 1.18. The van der Waals surface area contributed by atoms with E-state index in [0.717, 1.165) is 18.3 Å². The minimum Gasteiger partial charge on any atom is -0.444 e. The third kappa shape index (κ3) is 6.24. The summed E-state index contributed by atoms with van der Waals surface area (Å²) in [7, 11) is 0. The van der Waals surface area contributed by atoms with Crippen LogP contribution in [0.5, 0.6) is 0 Å². The molecule has 1 atom stereocenters. The van der Waals surface area contributed by atoms with Gasteiger partial charge in [-0.25, -0.2) is 4.79 Å². The first-order chi connectivity index (χ1) is 9.76. The van der Waals surface area contributed by atoms with E-state index in [9.17, 15) is 9.59 Å². The van der Waals surface area contributed by atoms with Gasteiger partial charge in [0.15, 0.2) is 0 Å². The average Bonchev–Trinajstić information content (AvgIpc) is 2.73. The third-order valence-corrected chi connectivity index (χ3v) is 4.21. The molecule has 1 rings (SSSR count). The van der Waals surface area contributed by atoms with Crippen LogP contribution >= 0.6 is 15.9 Å². The van der Waals surface area contributed by atoms with Gasteiger partial charge in [-0.2, -0.15) is 0 Å². The van der Waals surface area contributed by atoms with E-state index in [1.54, 1.807) is 4.90 Å². The minimum absolute atomic E-state index is 0.181. The van der Waals surface area contributed by atoms with Gasteiger partial charge in [-0.1, -0.05) is 22.9 Å². The molecule has 1 saturated heterocycles. The number of amides is 2. The molecule has 0 aromatic rings. The summed E-state index contributed by atoms with van der Waals surface area (Å²) < 4.78 is 5.41. The Bertz CT molecular complexity index is 368. The smallest absolute Gasteiger partial charge is 0.410 e. The number of nitrogens with zero attached hydrogens (tertiary/aromatic N) is 2. The zero-order chi connectivity index (χ0) is 16.0. The maximum atomic E-state index is 12.1. The van der Waals surface area contributed by atoms with Crippen LogP contribution in [-0.2, 0) is 9.53 Å². The minimum atomic E-state index is -0.492.